The number of anilines is 2. The predicted molar refractivity (Wildman–Crippen MR) is 70.3 cm³/mol. The van der Waals surface area contributed by atoms with Crippen molar-refractivity contribution in [3.8, 4) is 0 Å². The number of nitrogens with two attached hydrogens (primary N) is 1. The van der Waals surface area contributed by atoms with Gasteiger partial charge in [0.1, 0.15) is 5.52 Å². The fraction of sp³-hybridized carbons (Fsp3) is 0.154. The van der Waals surface area contributed by atoms with Crippen LogP contribution in [0.5, 0.6) is 0 Å². The Morgan fingerprint density at radius 1 is 1.18 bits per heavy atom. The summed E-state index contributed by atoms with van der Waals surface area (Å²) in [6.07, 6.45) is 0. The molecule has 2 aromatic carbocycles. The summed E-state index contributed by atoms with van der Waals surface area (Å²) in [5.41, 5.74) is 8.28. The minimum Gasteiger partial charge on any atom is -0.423 e. The number of fused-ring (bicyclic) bond motifs is 3. The summed E-state index contributed by atoms with van der Waals surface area (Å²) in [7, 11) is 4.02. The molecule has 0 amide bonds. The third-order valence-electron chi connectivity index (χ3n) is 2.87. The zero-order chi connectivity index (χ0) is 12.0. The van der Waals surface area contributed by atoms with E-state index in [4.69, 9.17) is 10.2 Å². The lowest BCUT2D eigenvalue weighted by atomic mass is 10.1. The quantitative estimate of drug-likeness (QED) is 0.694. The van der Waals surface area contributed by atoms with E-state index in [1.807, 2.05) is 38.4 Å². The van der Waals surface area contributed by atoms with Gasteiger partial charge in [-0.15, -0.1) is 0 Å². The molecule has 1 aromatic heterocycles. The summed E-state index contributed by atoms with van der Waals surface area (Å²) in [6, 6.07) is 10.3. The first-order chi connectivity index (χ1) is 8.16. The summed E-state index contributed by atoms with van der Waals surface area (Å²) in [4.78, 5) is 6.25. The third-order valence-corrected chi connectivity index (χ3v) is 2.87. The van der Waals surface area contributed by atoms with E-state index in [0.717, 1.165) is 27.6 Å². The molecule has 4 heteroatoms. The normalized spacial score (nSPS) is 11.2. The second kappa shape index (κ2) is 3.38. The van der Waals surface area contributed by atoms with Crippen molar-refractivity contribution >= 4 is 33.6 Å². The Morgan fingerprint density at radius 2 is 1.88 bits per heavy atom. The van der Waals surface area contributed by atoms with Crippen LogP contribution < -0.4 is 10.6 Å². The summed E-state index contributed by atoms with van der Waals surface area (Å²) >= 11 is 0. The molecule has 0 aliphatic carbocycles. The minimum absolute atomic E-state index is 0.209. The highest BCUT2D eigenvalue weighted by Crippen LogP contribution is 2.33. The van der Waals surface area contributed by atoms with Gasteiger partial charge in [-0.1, -0.05) is 24.3 Å². The lowest BCUT2D eigenvalue weighted by Gasteiger charge is -2.15. The molecule has 0 bridgehead atoms. The smallest absolute Gasteiger partial charge is 0.293 e. The van der Waals surface area contributed by atoms with Gasteiger partial charge in [-0.3, -0.25) is 0 Å². The third kappa shape index (κ3) is 1.41. The van der Waals surface area contributed by atoms with Gasteiger partial charge < -0.3 is 15.1 Å². The number of benzene rings is 2. The van der Waals surface area contributed by atoms with Gasteiger partial charge in [-0.2, -0.15) is 4.98 Å². The monoisotopic (exact) mass is 227 g/mol. The van der Waals surface area contributed by atoms with Crippen molar-refractivity contribution in [1.82, 2.24) is 4.98 Å². The van der Waals surface area contributed by atoms with Gasteiger partial charge in [0.2, 0.25) is 0 Å². The van der Waals surface area contributed by atoms with E-state index < -0.39 is 0 Å². The van der Waals surface area contributed by atoms with E-state index in [-0.39, 0.29) is 6.01 Å². The number of rotatable bonds is 1. The average Bonchev–Trinajstić information content (AvgIpc) is 2.68. The van der Waals surface area contributed by atoms with Crippen molar-refractivity contribution in [2.24, 2.45) is 0 Å². The van der Waals surface area contributed by atoms with E-state index in [0.29, 0.717) is 0 Å². The maximum absolute atomic E-state index is 5.62. The average molecular weight is 227 g/mol. The Hall–Kier alpha value is -2.23. The van der Waals surface area contributed by atoms with E-state index in [1.165, 1.54) is 0 Å². The lowest BCUT2D eigenvalue weighted by Crippen LogP contribution is -2.09. The molecule has 0 spiro atoms. The Kier molecular flexibility index (Phi) is 1.98. The lowest BCUT2D eigenvalue weighted by molar-refractivity contribution is 0.629. The first-order valence-corrected chi connectivity index (χ1v) is 5.42. The molecule has 0 radical (unpaired) electrons. The fourth-order valence-corrected chi connectivity index (χ4v) is 2.12. The SMILES string of the molecule is CN(C)c1cc2nc(N)oc2c2ccccc12. The van der Waals surface area contributed by atoms with Crippen LogP contribution >= 0.6 is 0 Å². The Bertz CT molecular complexity index is 700. The van der Waals surface area contributed by atoms with Crippen LogP contribution in [-0.2, 0) is 0 Å². The fourth-order valence-electron chi connectivity index (χ4n) is 2.12. The van der Waals surface area contributed by atoms with Crippen LogP contribution in [0.2, 0.25) is 0 Å². The predicted octanol–water partition coefficient (Wildman–Crippen LogP) is 2.63. The summed E-state index contributed by atoms with van der Waals surface area (Å²) < 4.78 is 5.46. The molecule has 0 atom stereocenters. The Balaban J connectivity index is 2.53. The van der Waals surface area contributed by atoms with Crippen molar-refractivity contribution < 1.29 is 4.42 Å². The van der Waals surface area contributed by atoms with Crippen molar-refractivity contribution in [2.45, 2.75) is 0 Å². The van der Waals surface area contributed by atoms with Crippen LogP contribution in [0.4, 0.5) is 11.7 Å². The Morgan fingerprint density at radius 3 is 2.59 bits per heavy atom. The molecule has 0 aliphatic heterocycles. The van der Waals surface area contributed by atoms with Gasteiger partial charge >= 0.3 is 0 Å². The van der Waals surface area contributed by atoms with Gasteiger partial charge in [0.05, 0.1) is 0 Å². The first kappa shape index (κ1) is 9.96. The van der Waals surface area contributed by atoms with Gasteiger partial charge in [0.25, 0.3) is 6.01 Å². The van der Waals surface area contributed by atoms with E-state index in [1.54, 1.807) is 0 Å². The first-order valence-electron chi connectivity index (χ1n) is 5.42. The number of nitrogens with zero attached hydrogens (tertiary/aromatic N) is 2. The maximum Gasteiger partial charge on any atom is 0.293 e. The van der Waals surface area contributed by atoms with Gasteiger partial charge in [-0.25, -0.2) is 0 Å². The molecular formula is C13H13N3O. The molecule has 4 nitrogen and oxygen atoms in total. The minimum atomic E-state index is 0.209. The number of oxazole rings is 1. The zero-order valence-electron chi connectivity index (χ0n) is 9.77. The molecule has 0 saturated carbocycles. The maximum atomic E-state index is 5.62. The van der Waals surface area contributed by atoms with Crippen molar-refractivity contribution in [1.29, 1.82) is 0 Å². The van der Waals surface area contributed by atoms with Crippen LogP contribution in [0.15, 0.2) is 34.7 Å². The second-order valence-electron chi connectivity index (χ2n) is 4.24. The molecule has 86 valence electrons. The van der Waals surface area contributed by atoms with Gasteiger partial charge in [0, 0.05) is 30.6 Å². The van der Waals surface area contributed by atoms with Gasteiger partial charge in [0.15, 0.2) is 5.58 Å². The second-order valence-corrected chi connectivity index (χ2v) is 4.24. The van der Waals surface area contributed by atoms with Gasteiger partial charge in [-0.05, 0) is 6.07 Å². The summed E-state index contributed by atoms with van der Waals surface area (Å²) in [5.74, 6) is 0. The van der Waals surface area contributed by atoms with Crippen LogP contribution in [0.25, 0.3) is 21.9 Å². The van der Waals surface area contributed by atoms with Crippen molar-refractivity contribution in [2.75, 3.05) is 24.7 Å². The standard InChI is InChI=1S/C13H13N3O/c1-16(2)11-7-10-12(17-13(14)15-10)9-6-4-3-5-8(9)11/h3-7H,1-2H3,(H2,14,15). The van der Waals surface area contributed by atoms with Crippen LogP contribution in [0.3, 0.4) is 0 Å². The number of hydrogen-bond acceptors (Lipinski definition) is 4. The summed E-state index contributed by atoms with van der Waals surface area (Å²) in [5, 5.41) is 2.18. The molecule has 3 rings (SSSR count). The Labute approximate surface area is 98.6 Å². The molecule has 0 unspecified atom stereocenters. The molecular weight excluding hydrogens is 214 g/mol. The largest absolute Gasteiger partial charge is 0.423 e. The summed E-state index contributed by atoms with van der Waals surface area (Å²) in [6.45, 7) is 0. The highest BCUT2D eigenvalue weighted by Gasteiger charge is 2.12. The van der Waals surface area contributed by atoms with Crippen molar-refractivity contribution in [3.05, 3.63) is 30.3 Å². The number of aromatic nitrogens is 1. The highest BCUT2D eigenvalue weighted by molar-refractivity contribution is 6.09. The van der Waals surface area contributed by atoms with E-state index in [2.05, 4.69) is 16.0 Å². The molecule has 0 aliphatic rings. The van der Waals surface area contributed by atoms with E-state index >= 15 is 0 Å². The molecule has 3 aromatic rings. The van der Waals surface area contributed by atoms with Crippen molar-refractivity contribution in [3.63, 3.8) is 0 Å². The molecule has 1 heterocycles. The van der Waals surface area contributed by atoms with Crippen LogP contribution in [0, 0.1) is 0 Å². The van der Waals surface area contributed by atoms with E-state index in [9.17, 15) is 0 Å². The highest BCUT2D eigenvalue weighted by atomic mass is 16.4. The molecule has 17 heavy (non-hydrogen) atoms. The molecule has 0 saturated heterocycles. The molecule has 0 fully saturated rings. The topological polar surface area (TPSA) is 55.3 Å². The number of hydrogen-bond donors (Lipinski definition) is 1. The van der Waals surface area contributed by atoms with Crippen LogP contribution in [-0.4, -0.2) is 19.1 Å². The zero-order valence-corrected chi connectivity index (χ0v) is 9.77. The molecule has 2 N–H and O–H groups in total. The van der Waals surface area contributed by atoms with Crippen LogP contribution in [0.1, 0.15) is 0 Å². The number of nitrogen functional groups attached to an aromatic ring is 1.